The first-order chi connectivity index (χ1) is 59.6. The summed E-state index contributed by atoms with van der Waals surface area (Å²) >= 11 is 0. The number of unbranched alkanes of at least 4 members (excludes halogenated alkanes) is 4. The van der Waals surface area contributed by atoms with Crippen molar-refractivity contribution in [2.75, 3.05) is 190 Å². The number of fused-ring (bicyclic) bond motifs is 6. The summed E-state index contributed by atoms with van der Waals surface area (Å²) in [5.41, 5.74) is 1.70. The number of hydrogen-bond donors (Lipinski definition) is 8. The minimum Gasteiger partial charge on any atom is -0.379 e. The number of carbonyl (C=O) groups is 5. The molecule has 0 aromatic heterocycles. The smallest absolute Gasteiger partial charge is 0.295 e. The maximum Gasteiger partial charge on any atom is 0.295 e. The van der Waals surface area contributed by atoms with Crippen LogP contribution in [0, 0.1) is 0 Å². The highest BCUT2D eigenvalue weighted by Gasteiger charge is 2.47. The first kappa shape index (κ1) is 107. The number of allylic oxidation sites excluding steroid dienone is 6. The van der Waals surface area contributed by atoms with Crippen LogP contribution in [-0.2, 0) is 132 Å². The molecule has 0 saturated carbocycles. The summed E-state index contributed by atoms with van der Waals surface area (Å²) in [4.78, 5) is 65.5. The molecule has 0 aliphatic carbocycles. The summed E-state index contributed by atoms with van der Waals surface area (Å²) in [5, 5.41) is 11.8. The molecule has 0 bridgehead atoms. The molecular formula is C86H131N6O29S4+. The van der Waals surface area contributed by atoms with E-state index in [1.807, 2.05) is 63.2 Å². The van der Waals surface area contributed by atoms with Gasteiger partial charge in [0.05, 0.1) is 167 Å². The van der Waals surface area contributed by atoms with E-state index in [9.17, 15) is 75.9 Å². The summed E-state index contributed by atoms with van der Waals surface area (Å²) in [7, 11) is -20.0. The second kappa shape index (κ2) is 55.0. The number of benzene rings is 4. The monoisotopic (exact) mass is 1840 g/mol. The number of nitrogens with one attached hydrogen (secondary N) is 4. The molecule has 0 fully saturated rings. The summed E-state index contributed by atoms with van der Waals surface area (Å²) in [6, 6.07) is 8.05. The van der Waals surface area contributed by atoms with Gasteiger partial charge in [0.1, 0.15) is 22.4 Å². The predicted molar refractivity (Wildman–Crippen MR) is 469 cm³/mol. The van der Waals surface area contributed by atoms with Gasteiger partial charge in [-0.1, -0.05) is 52.0 Å². The van der Waals surface area contributed by atoms with Gasteiger partial charge >= 0.3 is 0 Å². The molecule has 4 aromatic carbocycles. The molecule has 0 radical (unpaired) electrons. The van der Waals surface area contributed by atoms with E-state index in [1.165, 1.54) is 25.1 Å². The van der Waals surface area contributed by atoms with Gasteiger partial charge in [-0.05, 0) is 151 Å². The number of rotatable bonds is 68. The predicted octanol–water partition coefficient (Wildman–Crippen LogP) is 8.66. The summed E-state index contributed by atoms with van der Waals surface area (Å²) in [6.45, 7) is 26.0. The van der Waals surface area contributed by atoms with Crippen LogP contribution in [0.3, 0.4) is 0 Å². The van der Waals surface area contributed by atoms with Crippen molar-refractivity contribution >= 4 is 109 Å². The number of carbonyl (C=O) groups excluding carboxylic acids is 5. The third-order valence-corrected chi connectivity index (χ3v) is 24.0. The molecule has 35 nitrogen and oxygen atoms in total. The van der Waals surface area contributed by atoms with Crippen molar-refractivity contribution in [1.29, 1.82) is 0 Å². The van der Waals surface area contributed by atoms with E-state index in [2.05, 4.69) is 28.2 Å². The fourth-order valence-corrected chi connectivity index (χ4v) is 17.1. The number of anilines is 1. The van der Waals surface area contributed by atoms with E-state index < -0.39 is 94.8 Å². The van der Waals surface area contributed by atoms with E-state index in [0.717, 1.165) is 31.2 Å². The zero-order chi connectivity index (χ0) is 91.5. The number of Topliss-reactive ketones (excluding diaryl/α,β-unsaturated/α-hetero) is 1. The van der Waals surface area contributed by atoms with E-state index >= 15 is 0 Å². The Morgan fingerprint density at radius 1 is 0.424 bits per heavy atom. The number of ketones is 1. The van der Waals surface area contributed by atoms with Crippen LogP contribution in [0.5, 0.6) is 0 Å². The van der Waals surface area contributed by atoms with E-state index in [1.54, 1.807) is 30.4 Å². The standard InChI is InChI=1S/C86H130N6O29S4/c1-9-36-110-40-44-114-48-52-118-56-58-120-54-50-116-46-42-112-38-31-80(95)88-34-20-18-23-72(89-81(96)32-39-113-43-47-117-51-55-121-59-57-119-53-49-115-45-41-111-37-10-2)84(97)90-71(64(4)93)22-17-19-33-87-79(94)26-16-13-21-35-92-74-30-28-68-70(61-66(123(101,102)103)63-76(68)125(107,108)109)83(74)86(7,8)78(92)25-15-12-14-24-77-85(5,6)82-69-60-65(122(98,99)100)62-75(124(104,105)106)67(69)27-29-73(82)91(77)11-3/h12,14-15,24-25,27-30,60-63,71-72H,9-11,13,16-23,26,31-59H2,1-8H3,(H7-,87,88,89,90,94,95,96,97,98,99,100,101,102,103,104,105,106,107,108,109)/p+1/t71?,72-/m1/s1. The van der Waals surface area contributed by atoms with E-state index in [4.69, 9.17) is 56.8 Å². The number of likely N-dealkylation sites (N-methyl/N-ethyl adjacent to an activating group) is 1. The zero-order valence-corrected chi connectivity index (χ0v) is 76.6. The Kier molecular flexibility index (Phi) is 46.9. The van der Waals surface area contributed by atoms with E-state index in [0.29, 0.717) is 224 Å². The third-order valence-electron chi connectivity index (χ3n) is 20.6. The van der Waals surface area contributed by atoms with Crippen molar-refractivity contribution in [2.45, 2.75) is 188 Å². The summed E-state index contributed by atoms with van der Waals surface area (Å²) < 4.78 is 210. The van der Waals surface area contributed by atoms with Gasteiger partial charge in [-0.25, -0.2) is 0 Å². The van der Waals surface area contributed by atoms with Gasteiger partial charge in [0, 0.05) is 104 Å². The zero-order valence-electron chi connectivity index (χ0n) is 73.4. The Labute approximate surface area is 736 Å². The Hall–Kier alpha value is -7.20. The lowest BCUT2D eigenvalue weighted by Crippen LogP contribution is -2.51. The highest BCUT2D eigenvalue weighted by atomic mass is 32.2. The second-order valence-corrected chi connectivity index (χ2v) is 36.4. The van der Waals surface area contributed by atoms with Gasteiger partial charge in [-0.3, -0.25) is 42.2 Å². The lowest BCUT2D eigenvalue weighted by Gasteiger charge is -2.26. The van der Waals surface area contributed by atoms with Gasteiger partial charge in [-0.2, -0.15) is 38.2 Å². The Balaban J connectivity index is 1.00. The maximum absolute atomic E-state index is 14.0. The molecule has 39 heteroatoms. The largest absolute Gasteiger partial charge is 0.379 e. The lowest BCUT2D eigenvalue weighted by atomic mass is 9.79. The van der Waals surface area contributed by atoms with Crippen molar-refractivity contribution in [1.82, 2.24) is 21.3 Å². The minimum atomic E-state index is -5.05. The van der Waals surface area contributed by atoms with Gasteiger partial charge < -0.3 is 83.0 Å². The fraction of sp³-hybridized carbons (Fsp3) is 0.628. The molecular weight excluding hydrogens is 1710 g/mol. The van der Waals surface area contributed by atoms with Crippen LogP contribution in [-0.4, -0.2) is 288 Å². The van der Waals surface area contributed by atoms with Crippen LogP contribution in [0.4, 0.5) is 11.4 Å². The Morgan fingerprint density at radius 3 is 1.26 bits per heavy atom. The molecule has 8 N–H and O–H groups in total. The van der Waals surface area contributed by atoms with Crippen molar-refractivity contribution < 1.29 is 137 Å². The number of nitrogens with zero attached hydrogens (tertiary/aromatic N) is 2. The molecule has 2 atom stereocenters. The van der Waals surface area contributed by atoms with E-state index in [-0.39, 0.29) is 111 Å². The van der Waals surface area contributed by atoms with Crippen LogP contribution < -0.4 is 26.2 Å². The SMILES string of the molecule is CCCOCCOCCOCCOCCOCCOCCC(=O)NCCCC[C@@H](NC(=O)CCOCCOCCOCCOCCOCCOCCC)C(=O)NC(CCCCNC(=O)CCCCC[N+]1=C(/C=C/C=C/C=C2/N(CC)c3ccc4c(S(=O)(=O)O)cc(S(=O)(=O)O)cc4c3C2(C)C)C(C)(C)c2c1ccc1c(S(=O)(=O)O)cc(S(=O)(=O)O)cc21)C(C)=O. The quantitative estimate of drug-likeness (QED) is 0.00886. The molecule has 1 unspecified atom stereocenters. The molecule has 6 rings (SSSR count). The molecule has 125 heavy (non-hydrogen) atoms. The van der Waals surface area contributed by atoms with Crippen molar-refractivity contribution in [2.24, 2.45) is 0 Å². The molecule has 702 valence electrons. The minimum absolute atomic E-state index is 0.00128. The van der Waals surface area contributed by atoms with Gasteiger partial charge in [-0.15, -0.1) is 0 Å². The average Bonchev–Trinajstić information content (AvgIpc) is 1.58. The molecule has 2 aliphatic heterocycles. The van der Waals surface area contributed by atoms with Crippen molar-refractivity contribution in [3.63, 3.8) is 0 Å². The number of ether oxygens (including phenoxy) is 12. The molecule has 2 aliphatic rings. The third kappa shape index (κ3) is 36.0. The van der Waals surface area contributed by atoms with Crippen LogP contribution in [0.25, 0.3) is 21.5 Å². The number of hydrogen-bond acceptors (Lipinski definition) is 26. The summed E-state index contributed by atoms with van der Waals surface area (Å²) in [5.74, 6) is -1.77. The number of amides is 4. The second-order valence-electron chi connectivity index (χ2n) is 30.8. The molecule has 0 spiro atoms. The highest BCUT2D eigenvalue weighted by molar-refractivity contribution is 7.87. The maximum atomic E-state index is 14.0. The lowest BCUT2D eigenvalue weighted by molar-refractivity contribution is -0.438. The summed E-state index contributed by atoms with van der Waals surface area (Å²) in [6.07, 6.45) is 14.8. The van der Waals surface area contributed by atoms with Gasteiger partial charge in [0.25, 0.3) is 40.5 Å². The topological polar surface area (TPSA) is 468 Å². The first-order valence-corrected chi connectivity index (χ1v) is 48.5. The molecule has 2 heterocycles. The van der Waals surface area contributed by atoms with Crippen LogP contribution in [0.1, 0.15) is 156 Å². The Morgan fingerprint density at radius 2 is 0.832 bits per heavy atom. The van der Waals surface area contributed by atoms with Crippen LogP contribution in [0.2, 0.25) is 0 Å². The molecule has 4 aromatic rings. The average molecular weight is 1840 g/mol. The van der Waals surface area contributed by atoms with Gasteiger partial charge in [0.2, 0.25) is 29.3 Å². The normalized spacial score (nSPS) is 14.9. The van der Waals surface area contributed by atoms with Crippen LogP contribution in [0.15, 0.2) is 104 Å². The molecule has 0 saturated heterocycles. The van der Waals surface area contributed by atoms with Crippen molar-refractivity contribution in [3.8, 4) is 0 Å². The molecule has 4 amide bonds. The fourth-order valence-electron chi connectivity index (χ4n) is 14.5. The van der Waals surface area contributed by atoms with Gasteiger partial charge in [0.15, 0.2) is 11.5 Å². The Bertz CT molecular complexity index is 4730. The van der Waals surface area contributed by atoms with Crippen molar-refractivity contribution in [3.05, 3.63) is 95.7 Å². The first-order valence-electron chi connectivity index (χ1n) is 42.8. The highest BCUT2D eigenvalue weighted by Crippen LogP contribution is 2.52. The van der Waals surface area contributed by atoms with Crippen LogP contribution >= 0.6 is 0 Å².